The van der Waals surface area contributed by atoms with Crippen molar-refractivity contribution in [2.45, 2.75) is 31.6 Å². The van der Waals surface area contributed by atoms with Gasteiger partial charge in [-0.05, 0) is 48.6 Å². The topological polar surface area (TPSA) is 116 Å². The van der Waals surface area contributed by atoms with E-state index in [9.17, 15) is 9.59 Å². The van der Waals surface area contributed by atoms with Crippen LogP contribution in [-0.2, 0) is 6.42 Å². The lowest BCUT2D eigenvalue weighted by Gasteiger charge is -2.19. The van der Waals surface area contributed by atoms with E-state index in [2.05, 4.69) is 47.8 Å². The minimum absolute atomic E-state index is 0.149. The molecule has 9 nitrogen and oxygen atoms in total. The minimum atomic E-state index is -0.271. The van der Waals surface area contributed by atoms with Crippen molar-refractivity contribution in [3.8, 4) is 0 Å². The van der Waals surface area contributed by atoms with Gasteiger partial charge in [0.1, 0.15) is 12.1 Å². The molecule has 1 aliphatic carbocycles. The number of aromatic nitrogens is 4. The molecule has 3 N–H and O–H groups in total. The Kier molecular flexibility index (Phi) is 5.36. The van der Waals surface area contributed by atoms with Crippen LogP contribution in [-0.4, -0.2) is 45.1 Å². The van der Waals surface area contributed by atoms with Crippen LogP contribution < -0.4 is 15.5 Å². The molecule has 3 heterocycles. The Hall–Kier alpha value is -4.27. The Balaban J connectivity index is 1.11. The number of aryl methyl sites for hydroxylation is 1. The van der Waals surface area contributed by atoms with Crippen LogP contribution in [0.3, 0.4) is 0 Å². The van der Waals surface area contributed by atoms with E-state index in [4.69, 9.17) is 0 Å². The molecule has 2 aromatic heterocycles. The number of benzene rings is 2. The summed E-state index contributed by atoms with van der Waals surface area (Å²) in [5.41, 5.74) is 5.49. The number of carbonyl (C=O) groups excluding carboxylic acids is 2. The third-order valence-corrected chi connectivity index (χ3v) is 6.85. The molecule has 0 radical (unpaired) electrons. The second-order valence-electron chi connectivity index (χ2n) is 9.01. The van der Waals surface area contributed by atoms with Crippen LogP contribution in [0.5, 0.6) is 0 Å². The van der Waals surface area contributed by atoms with Crippen LogP contribution in [0.1, 0.15) is 46.7 Å². The molecule has 0 saturated heterocycles. The fraction of sp³-hybridized carbons (Fsp3) is 0.269. The van der Waals surface area contributed by atoms with Crippen molar-refractivity contribution in [1.29, 1.82) is 0 Å². The van der Waals surface area contributed by atoms with Gasteiger partial charge in [-0.3, -0.25) is 9.89 Å². The third kappa shape index (κ3) is 3.99. The van der Waals surface area contributed by atoms with Crippen LogP contribution in [0.2, 0.25) is 0 Å². The number of nitrogens with one attached hydrogen (secondary N) is 3. The summed E-state index contributed by atoms with van der Waals surface area (Å²) >= 11 is 0. The van der Waals surface area contributed by atoms with Gasteiger partial charge in [-0.2, -0.15) is 5.10 Å². The molecule has 2 aromatic carbocycles. The number of urea groups is 1. The van der Waals surface area contributed by atoms with E-state index >= 15 is 0 Å². The molecule has 0 spiro atoms. The Bertz CT molecular complexity index is 1430. The molecule has 4 aromatic rings. The van der Waals surface area contributed by atoms with Gasteiger partial charge in [0.25, 0.3) is 0 Å². The number of rotatable bonds is 5. The number of hydrogen-bond acceptors (Lipinski definition) is 6. The molecule has 1 atom stereocenters. The molecular weight excluding hydrogens is 442 g/mol. The van der Waals surface area contributed by atoms with Crippen LogP contribution in [0.4, 0.5) is 22.0 Å². The van der Waals surface area contributed by atoms with Crippen molar-refractivity contribution >= 4 is 40.0 Å². The number of nitrogens with zero attached hydrogens (tertiary/aromatic N) is 4. The molecule has 1 aliphatic heterocycles. The van der Waals surface area contributed by atoms with Gasteiger partial charge in [0.15, 0.2) is 11.4 Å². The Morgan fingerprint density at radius 1 is 1.14 bits per heavy atom. The third-order valence-electron chi connectivity index (χ3n) is 6.85. The van der Waals surface area contributed by atoms with Crippen molar-refractivity contribution in [2.75, 3.05) is 23.3 Å². The molecule has 2 aliphatic rings. The number of fused-ring (bicyclic) bond motifs is 3. The van der Waals surface area contributed by atoms with Crippen molar-refractivity contribution in [3.05, 3.63) is 71.7 Å². The van der Waals surface area contributed by atoms with Crippen molar-refractivity contribution in [1.82, 2.24) is 25.5 Å². The first-order valence-electron chi connectivity index (χ1n) is 11.9. The summed E-state index contributed by atoms with van der Waals surface area (Å²) in [5.74, 6) is 1.22. The smallest absolute Gasteiger partial charge is 0.319 e. The number of amides is 2. The molecule has 1 unspecified atom stereocenters. The fourth-order valence-electron chi connectivity index (χ4n) is 5.15. The number of ketones is 1. The minimum Gasteiger partial charge on any atom is -0.338 e. The molecule has 35 heavy (non-hydrogen) atoms. The number of anilines is 3. The van der Waals surface area contributed by atoms with Gasteiger partial charge < -0.3 is 15.5 Å². The molecule has 9 heteroatoms. The first-order chi connectivity index (χ1) is 17.2. The van der Waals surface area contributed by atoms with Crippen molar-refractivity contribution < 1.29 is 9.59 Å². The highest BCUT2D eigenvalue weighted by molar-refractivity contribution is 6.00. The number of Topliss-reactive ketones (excluding diaryl/α,β-unsaturated/α-hetero) is 1. The van der Waals surface area contributed by atoms with Crippen LogP contribution in [0.15, 0.2) is 55.0 Å². The standard InChI is InChI=1S/C26H25N7O2/c34-23-7-3-4-16-8-9-18(12-20(16)23)31-26(35)27-11-10-17-14-33(22-6-2-1-5-19(17)22)25-21-13-30-32-24(21)28-15-29-25/h1-2,5-6,8-9,12-13,15,17H,3-4,7,10-11,14H2,(H2,27,31,35)(H,28,29,30,32). The molecule has 0 fully saturated rings. The zero-order valence-electron chi connectivity index (χ0n) is 19.1. The molecule has 176 valence electrons. The lowest BCUT2D eigenvalue weighted by Crippen LogP contribution is -2.31. The first kappa shape index (κ1) is 21.3. The maximum absolute atomic E-state index is 12.5. The second kappa shape index (κ2) is 8.83. The zero-order valence-corrected chi connectivity index (χ0v) is 19.1. The van der Waals surface area contributed by atoms with Gasteiger partial charge >= 0.3 is 6.03 Å². The summed E-state index contributed by atoms with van der Waals surface area (Å²) in [5, 5.41) is 13.7. The number of carbonyl (C=O) groups is 2. The molecule has 0 saturated carbocycles. The summed E-state index contributed by atoms with van der Waals surface area (Å²) in [6.07, 6.45) is 6.46. The van der Waals surface area contributed by atoms with Gasteiger partial charge in [-0.25, -0.2) is 14.8 Å². The highest BCUT2D eigenvalue weighted by Gasteiger charge is 2.31. The number of hydrogen-bond donors (Lipinski definition) is 3. The SMILES string of the molecule is O=C(NCCC1CN(c2ncnc3[nH]ncc23)c2ccccc21)Nc1ccc2c(c1)C(=O)CCC2. The average Bonchev–Trinajstić information content (AvgIpc) is 3.50. The number of aromatic amines is 1. The summed E-state index contributed by atoms with van der Waals surface area (Å²) in [7, 11) is 0. The zero-order chi connectivity index (χ0) is 23.8. The van der Waals surface area contributed by atoms with Gasteiger partial charge in [-0.15, -0.1) is 0 Å². The van der Waals surface area contributed by atoms with E-state index in [1.54, 1.807) is 18.6 Å². The Labute approximate surface area is 202 Å². The van der Waals surface area contributed by atoms with Gasteiger partial charge in [0, 0.05) is 42.4 Å². The lowest BCUT2D eigenvalue weighted by molar-refractivity contribution is 0.0972. The molecular formula is C26H25N7O2. The van der Waals surface area contributed by atoms with E-state index in [0.717, 1.165) is 53.8 Å². The van der Waals surface area contributed by atoms with Crippen molar-refractivity contribution in [3.63, 3.8) is 0 Å². The highest BCUT2D eigenvalue weighted by Crippen LogP contribution is 2.42. The first-order valence-corrected chi connectivity index (χ1v) is 11.9. The predicted octanol–water partition coefficient (Wildman–Crippen LogP) is 4.32. The molecule has 0 bridgehead atoms. The normalized spacial score (nSPS) is 16.7. The average molecular weight is 468 g/mol. The van der Waals surface area contributed by atoms with Gasteiger partial charge in [-0.1, -0.05) is 24.3 Å². The summed E-state index contributed by atoms with van der Waals surface area (Å²) in [4.78, 5) is 35.7. The number of H-pyrrole nitrogens is 1. The molecule has 6 rings (SSSR count). The Morgan fingerprint density at radius 3 is 3.00 bits per heavy atom. The van der Waals surface area contributed by atoms with E-state index in [1.807, 2.05) is 24.3 Å². The van der Waals surface area contributed by atoms with E-state index < -0.39 is 0 Å². The van der Waals surface area contributed by atoms with E-state index in [0.29, 0.717) is 24.3 Å². The second-order valence-corrected chi connectivity index (χ2v) is 9.01. The lowest BCUT2D eigenvalue weighted by atomic mass is 9.90. The van der Waals surface area contributed by atoms with E-state index in [1.165, 1.54) is 5.56 Å². The summed E-state index contributed by atoms with van der Waals surface area (Å²) < 4.78 is 0. The summed E-state index contributed by atoms with van der Waals surface area (Å²) in [6.45, 7) is 1.28. The number of para-hydroxylation sites is 1. The predicted molar refractivity (Wildman–Crippen MR) is 133 cm³/mol. The quantitative estimate of drug-likeness (QED) is 0.403. The van der Waals surface area contributed by atoms with Crippen molar-refractivity contribution in [2.24, 2.45) is 0 Å². The van der Waals surface area contributed by atoms with Gasteiger partial charge in [0.05, 0.1) is 11.6 Å². The van der Waals surface area contributed by atoms with Crippen LogP contribution in [0, 0.1) is 0 Å². The fourth-order valence-corrected chi connectivity index (χ4v) is 5.15. The van der Waals surface area contributed by atoms with Crippen LogP contribution >= 0.6 is 0 Å². The maximum Gasteiger partial charge on any atom is 0.319 e. The van der Waals surface area contributed by atoms with E-state index in [-0.39, 0.29) is 17.7 Å². The maximum atomic E-state index is 12.5. The molecule has 2 amide bonds. The largest absolute Gasteiger partial charge is 0.338 e. The highest BCUT2D eigenvalue weighted by atomic mass is 16.2. The Morgan fingerprint density at radius 2 is 2.06 bits per heavy atom. The van der Waals surface area contributed by atoms with Gasteiger partial charge in [0.2, 0.25) is 0 Å². The monoisotopic (exact) mass is 467 g/mol. The summed E-state index contributed by atoms with van der Waals surface area (Å²) in [6, 6.07) is 13.6. The van der Waals surface area contributed by atoms with Crippen LogP contribution in [0.25, 0.3) is 11.0 Å².